The molecule has 0 amide bonds. The fraction of sp³-hybridized carbons (Fsp3) is 0.643. The summed E-state index contributed by atoms with van der Waals surface area (Å²) in [6, 6.07) is 0. The fourth-order valence-corrected chi connectivity index (χ4v) is 2.43. The summed E-state index contributed by atoms with van der Waals surface area (Å²) in [5.41, 5.74) is 6.54. The van der Waals surface area contributed by atoms with Crippen molar-refractivity contribution in [2.45, 2.75) is 39.2 Å². The lowest BCUT2D eigenvalue weighted by atomic mass is 9.97. The average molecular weight is 293 g/mol. The number of rotatable bonds is 3. The van der Waals surface area contributed by atoms with Crippen LogP contribution < -0.4 is 16.0 Å². The van der Waals surface area contributed by atoms with E-state index >= 15 is 0 Å². The Morgan fingerprint density at radius 1 is 1.38 bits per heavy atom. The van der Waals surface area contributed by atoms with E-state index in [1.807, 2.05) is 25.7 Å². The van der Waals surface area contributed by atoms with Gasteiger partial charge in [0, 0.05) is 18.6 Å². The molecule has 7 nitrogen and oxygen atoms in total. The minimum absolute atomic E-state index is 0.143. The number of carbonyl (C=O) groups is 1. The molecule has 0 unspecified atom stereocenters. The molecular weight excluding hydrogens is 270 g/mol. The highest BCUT2D eigenvalue weighted by Crippen LogP contribution is 2.30. The molecule has 1 aromatic rings. The van der Waals surface area contributed by atoms with Gasteiger partial charge in [-0.1, -0.05) is 0 Å². The van der Waals surface area contributed by atoms with Crippen LogP contribution in [0.15, 0.2) is 6.33 Å². The van der Waals surface area contributed by atoms with E-state index in [0.29, 0.717) is 43.3 Å². The molecule has 0 aromatic carbocycles. The van der Waals surface area contributed by atoms with Gasteiger partial charge >= 0.3 is 5.97 Å². The third-order valence-electron chi connectivity index (χ3n) is 3.50. The van der Waals surface area contributed by atoms with Gasteiger partial charge in [-0.3, -0.25) is 4.79 Å². The first-order valence-electron chi connectivity index (χ1n) is 7.14. The van der Waals surface area contributed by atoms with E-state index in [1.165, 1.54) is 6.33 Å². The second kappa shape index (κ2) is 5.75. The van der Waals surface area contributed by atoms with Gasteiger partial charge in [0.1, 0.15) is 12.0 Å². The van der Waals surface area contributed by atoms with Crippen molar-refractivity contribution < 1.29 is 9.90 Å². The Bertz CT molecular complexity index is 519. The minimum Gasteiger partial charge on any atom is -0.481 e. The molecule has 2 rings (SSSR count). The second-order valence-corrected chi connectivity index (χ2v) is 6.43. The topological polar surface area (TPSA) is 104 Å². The summed E-state index contributed by atoms with van der Waals surface area (Å²) in [5, 5.41) is 12.3. The molecule has 0 radical (unpaired) electrons. The number of nitrogens with zero attached hydrogens (tertiary/aromatic N) is 3. The number of hydrogen-bond acceptors (Lipinski definition) is 6. The Kier molecular flexibility index (Phi) is 4.20. The third kappa shape index (κ3) is 3.74. The second-order valence-electron chi connectivity index (χ2n) is 6.43. The van der Waals surface area contributed by atoms with Crippen molar-refractivity contribution in [3.8, 4) is 0 Å². The number of carboxylic acids is 1. The highest BCUT2D eigenvalue weighted by Gasteiger charge is 2.27. The van der Waals surface area contributed by atoms with Crippen LogP contribution in [0.25, 0.3) is 0 Å². The maximum absolute atomic E-state index is 11.0. The maximum atomic E-state index is 11.0. The molecule has 0 bridgehead atoms. The van der Waals surface area contributed by atoms with Gasteiger partial charge in [0.05, 0.1) is 5.92 Å². The Balaban J connectivity index is 2.14. The number of piperidine rings is 1. The number of nitrogen functional groups attached to an aromatic ring is 1. The van der Waals surface area contributed by atoms with Crippen molar-refractivity contribution >= 4 is 23.3 Å². The Morgan fingerprint density at radius 3 is 2.52 bits per heavy atom. The Morgan fingerprint density at radius 2 is 2.00 bits per heavy atom. The molecule has 0 spiro atoms. The molecule has 1 aliphatic heterocycles. The number of aliphatic carboxylic acids is 1. The van der Waals surface area contributed by atoms with Crippen LogP contribution in [0, 0.1) is 5.92 Å². The van der Waals surface area contributed by atoms with E-state index in [2.05, 4.69) is 15.3 Å². The first-order chi connectivity index (χ1) is 9.78. The predicted molar refractivity (Wildman–Crippen MR) is 82.4 cm³/mol. The van der Waals surface area contributed by atoms with Crippen LogP contribution in [0.1, 0.15) is 33.6 Å². The van der Waals surface area contributed by atoms with Gasteiger partial charge in [0.25, 0.3) is 0 Å². The van der Waals surface area contributed by atoms with Gasteiger partial charge in [-0.05, 0) is 33.6 Å². The molecule has 21 heavy (non-hydrogen) atoms. The van der Waals surface area contributed by atoms with Crippen LogP contribution in [0.3, 0.4) is 0 Å². The molecule has 116 valence electrons. The number of carboxylic acid groups (broad SMARTS) is 1. The summed E-state index contributed by atoms with van der Waals surface area (Å²) in [4.78, 5) is 21.5. The van der Waals surface area contributed by atoms with Crippen LogP contribution in [-0.4, -0.2) is 39.7 Å². The molecule has 0 aliphatic carbocycles. The average Bonchev–Trinajstić information content (AvgIpc) is 2.40. The maximum Gasteiger partial charge on any atom is 0.306 e. The number of nitrogens with one attached hydrogen (secondary N) is 1. The van der Waals surface area contributed by atoms with Crippen LogP contribution in [0.5, 0.6) is 0 Å². The molecule has 1 aromatic heterocycles. The normalized spacial score (nSPS) is 16.8. The fourth-order valence-electron chi connectivity index (χ4n) is 2.43. The van der Waals surface area contributed by atoms with Crippen LogP contribution >= 0.6 is 0 Å². The van der Waals surface area contributed by atoms with Crippen molar-refractivity contribution in [3.63, 3.8) is 0 Å². The highest BCUT2D eigenvalue weighted by atomic mass is 16.4. The van der Waals surface area contributed by atoms with Crippen LogP contribution in [0.2, 0.25) is 0 Å². The van der Waals surface area contributed by atoms with Gasteiger partial charge in [0.15, 0.2) is 11.6 Å². The van der Waals surface area contributed by atoms with Crippen LogP contribution in [0.4, 0.5) is 17.3 Å². The molecule has 7 heteroatoms. The van der Waals surface area contributed by atoms with Gasteiger partial charge in [-0.15, -0.1) is 0 Å². The minimum atomic E-state index is -0.722. The van der Waals surface area contributed by atoms with Crippen molar-refractivity contribution in [1.82, 2.24) is 9.97 Å². The number of hydrogen-bond donors (Lipinski definition) is 3. The van der Waals surface area contributed by atoms with E-state index in [1.54, 1.807) is 0 Å². The molecule has 2 heterocycles. The summed E-state index contributed by atoms with van der Waals surface area (Å²) in [6.45, 7) is 7.39. The largest absolute Gasteiger partial charge is 0.481 e. The van der Waals surface area contributed by atoms with E-state index in [9.17, 15) is 4.79 Å². The van der Waals surface area contributed by atoms with Crippen LogP contribution in [-0.2, 0) is 4.79 Å². The zero-order valence-electron chi connectivity index (χ0n) is 12.8. The number of anilines is 3. The summed E-state index contributed by atoms with van der Waals surface area (Å²) in [6.07, 6.45) is 2.71. The standard InChI is InChI=1S/C14H23N5O2/c1-14(2,3)18-11-10(15)12(17-8-16-11)19-6-4-9(5-7-19)13(20)21/h8-9H,4-7,15H2,1-3H3,(H,20,21)(H,16,17,18). The summed E-state index contributed by atoms with van der Waals surface area (Å²) in [7, 11) is 0. The van der Waals surface area contributed by atoms with Crippen molar-refractivity contribution in [3.05, 3.63) is 6.33 Å². The highest BCUT2D eigenvalue weighted by molar-refractivity contribution is 5.76. The quantitative estimate of drug-likeness (QED) is 0.777. The van der Waals surface area contributed by atoms with Gasteiger partial charge < -0.3 is 21.1 Å². The van der Waals surface area contributed by atoms with Crippen molar-refractivity contribution in [1.29, 1.82) is 0 Å². The van der Waals surface area contributed by atoms with Crippen molar-refractivity contribution in [2.75, 3.05) is 29.0 Å². The zero-order chi connectivity index (χ0) is 15.6. The first kappa shape index (κ1) is 15.3. The van der Waals surface area contributed by atoms with Gasteiger partial charge in [-0.25, -0.2) is 9.97 Å². The summed E-state index contributed by atoms with van der Waals surface area (Å²) < 4.78 is 0. The number of aromatic nitrogens is 2. The molecule has 1 fully saturated rings. The lowest BCUT2D eigenvalue weighted by molar-refractivity contribution is -0.142. The van der Waals surface area contributed by atoms with E-state index in [-0.39, 0.29) is 11.5 Å². The van der Waals surface area contributed by atoms with E-state index in [0.717, 1.165) is 0 Å². The molecular formula is C14H23N5O2. The van der Waals surface area contributed by atoms with Gasteiger partial charge in [-0.2, -0.15) is 0 Å². The summed E-state index contributed by atoms with van der Waals surface area (Å²) in [5.74, 6) is 0.310. The SMILES string of the molecule is CC(C)(C)Nc1ncnc(N2CCC(C(=O)O)CC2)c1N. The monoisotopic (exact) mass is 293 g/mol. The molecule has 1 saturated heterocycles. The van der Waals surface area contributed by atoms with Gasteiger partial charge in [0.2, 0.25) is 0 Å². The molecule has 0 saturated carbocycles. The Hall–Kier alpha value is -2.05. The number of nitrogens with two attached hydrogens (primary N) is 1. The van der Waals surface area contributed by atoms with Crippen molar-refractivity contribution in [2.24, 2.45) is 5.92 Å². The summed E-state index contributed by atoms with van der Waals surface area (Å²) >= 11 is 0. The van der Waals surface area contributed by atoms with E-state index in [4.69, 9.17) is 10.8 Å². The predicted octanol–water partition coefficient (Wildman–Crippen LogP) is 1.57. The lowest BCUT2D eigenvalue weighted by Gasteiger charge is -2.32. The van der Waals surface area contributed by atoms with E-state index < -0.39 is 5.97 Å². The lowest BCUT2D eigenvalue weighted by Crippen LogP contribution is -2.37. The smallest absolute Gasteiger partial charge is 0.306 e. The molecule has 4 N–H and O–H groups in total. The third-order valence-corrected chi connectivity index (χ3v) is 3.50. The first-order valence-corrected chi connectivity index (χ1v) is 7.14. The molecule has 0 atom stereocenters. The Labute approximate surface area is 124 Å². The molecule has 1 aliphatic rings. The zero-order valence-corrected chi connectivity index (χ0v) is 12.8.